The lowest BCUT2D eigenvalue weighted by Crippen LogP contribution is -2.10. The van der Waals surface area contributed by atoms with Crippen molar-refractivity contribution in [3.63, 3.8) is 0 Å². The van der Waals surface area contributed by atoms with Crippen LogP contribution in [0.1, 0.15) is 31.1 Å². The Morgan fingerprint density at radius 3 is 2.69 bits per heavy atom. The second kappa shape index (κ2) is 5.49. The molecule has 1 rings (SSSR count). The van der Waals surface area contributed by atoms with Crippen molar-refractivity contribution in [2.24, 2.45) is 0 Å². The van der Waals surface area contributed by atoms with Gasteiger partial charge in [0.25, 0.3) is 0 Å². The molecule has 0 atom stereocenters. The number of carbonyl (C=O) groups excluding carboxylic acids is 1. The van der Waals surface area contributed by atoms with Gasteiger partial charge in [0.2, 0.25) is 0 Å². The van der Waals surface area contributed by atoms with Gasteiger partial charge in [0, 0.05) is 0 Å². The smallest absolute Gasteiger partial charge is 0.341 e. The van der Waals surface area contributed by atoms with Gasteiger partial charge in [0.05, 0.1) is 18.3 Å². The van der Waals surface area contributed by atoms with Gasteiger partial charge in [-0.15, -0.1) is 0 Å². The van der Waals surface area contributed by atoms with Gasteiger partial charge in [-0.1, -0.05) is 0 Å². The summed E-state index contributed by atoms with van der Waals surface area (Å²) < 4.78 is 23.4. The monoisotopic (exact) mass is 226 g/mol. The quantitative estimate of drug-likeness (QED) is 0.740. The molecule has 0 saturated carbocycles. The van der Waals surface area contributed by atoms with Crippen molar-refractivity contribution in [3.05, 3.63) is 29.6 Å². The van der Waals surface area contributed by atoms with Crippen LogP contribution in [0.15, 0.2) is 18.2 Å². The van der Waals surface area contributed by atoms with E-state index in [0.29, 0.717) is 5.75 Å². The van der Waals surface area contributed by atoms with Gasteiger partial charge in [-0.05, 0) is 39.0 Å². The van der Waals surface area contributed by atoms with Crippen molar-refractivity contribution < 1.29 is 18.7 Å². The Morgan fingerprint density at radius 2 is 2.12 bits per heavy atom. The third kappa shape index (κ3) is 3.22. The van der Waals surface area contributed by atoms with Gasteiger partial charge in [-0.3, -0.25) is 0 Å². The molecule has 16 heavy (non-hydrogen) atoms. The third-order valence-electron chi connectivity index (χ3n) is 1.80. The summed E-state index contributed by atoms with van der Waals surface area (Å²) in [6, 6.07) is 4.04. The van der Waals surface area contributed by atoms with Gasteiger partial charge in [0.15, 0.2) is 0 Å². The zero-order chi connectivity index (χ0) is 12.1. The average Bonchev–Trinajstić information content (AvgIpc) is 2.20. The van der Waals surface area contributed by atoms with Crippen LogP contribution in [0.25, 0.3) is 0 Å². The van der Waals surface area contributed by atoms with Gasteiger partial charge in [-0.25, -0.2) is 9.18 Å². The lowest BCUT2D eigenvalue weighted by atomic mass is 10.2. The summed E-state index contributed by atoms with van der Waals surface area (Å²) in [5.74, 6) is -0.816. The van der Waals surface area contributed by atoms with Gasteiger partial charge >= 0.3 is 5.97 Å². The molecule has 4 heteroatoms. The first-order valence-electron chi connectivity index (χ1n) is 5.18. The summed E-state index contributed by atoms with van der Waals surface area (Å²) in [4.78, 5) is 11.4. The minimum absolute atomic E-state index is 0.0273. The minimum atomic E-state index is -0.672. The van der Waals surface area contributed by atoms with Crippen LogP contribution in [-0.2, 0) is 4.74 Å². The SMILES string of the molecule is CCOC(=O)c1cc(OC(C)C)ccc1F. The van der Waals surface area contributed by atoms with Crippen LogP contribution in [-0.4, -0.2) is 18.7 Å². The van der Waals surface area contributed by atoms with E-state index in [-0.39, 0.29) is 18.3 Å². The Kier molecular flexibility index (Phi) is 4.28. The lowest BCUT2D eigenvalue weighted by molar-refractivity contribution is 0.0520. The summed E-state index contributed by atoms with van der Waals surface area (Å²) in [6.07, 6.45) is -0.0273. The van der Waals surface area contributed by atoms with Crippen LogP contribution < -0.4 is 4.74 Å². The summed E-state index contributed by atoms with van der Waals surface area (Å²) in [7, 11) is 0. The first-order valence-corrected chi connectivity index (χ1v) is 5.18. The number of carbonyl (C=O) groups is 1. The fourth-order valence-electron chi connectivity index (χ4n) is 1.22. The first-order chi connectivity index (χ1) is 7.54. The largest absolute Gasteiger partial charge is 0.491 e. The molecule has 0 fully saturated rings. The second-order valence-electron chi connectivity index (χ2n) is 3.53. The second-order valence-corrected chi connectivity index (χ2v) is 3.53. The molecule has 0 aliphatic rings. The van der Waals surface area contributed by atoms with Crippen LogP contribution >= 0.6 is 0 Å². The van der Waals surface area contributed by atoms with E-state index in [2.05, 4.69) is 0 Å². The van der Waals surface area contributed by atoms with Crippen LogP contribution in [0.2, 0.25) is 0 Å². The molecule has 0 aromatic heterocycles. The van der Waals surface area contributed by atoms with E-state index < -0.39 is 11.8 Å². The predicted molar refractivity (Wildman–Crippen MR) is 58.1 cm³/mol. The van der Waals surface area contributed by atoms with Crippen molar-refractivity contribution in [3.8, 4) is 5.75 Å². The van der Waals surface area contributed by atoms with Crippen molar-refractivity contribution in [1.82, 2.24) is 0 Å². The van der Waals surface area contributed by atoms with E-state index in [9.17, 15) is 9.18 Å². The highest BCUT2D eigenvalue weighted by atomic mass is 19.1. The minimum Gasteiger partial charge on any atom is -0.491 e. The van der Waals surface area contributed by atoms with E-state index in [1.54, 1.807) is 6.92 Å². The van der Waals surface area contributed by atoms with Crippen molar-refractivity contribution in [2.75, 3.05) is 6.61 Å². The van der Waals surface area contributed by atoms with Gasteiger partial charge in [-0.2, -0.15) is 0 Å². The molecular formula is C12H15FO3. The molecule has 88 valence electrons. The van der Waals surface area contributed by atoms with E-state index in [4.69, 9.17) is 9.47 Å². The number of halogens is 1. The Labute approximate surface area is 94.2 Å². The van der Waals surface area contributed by atoms with E-state index in [0.717, 1.165) is 0 Å². The molecule has 0 unspecified atom stereocenters. The molecule has 0 saturated heterocycles. The molecule has 3 nitrogen and oxygen atoms in total. The summed E-state index contributed by atoms with van der Waals surface area (Å²) in [5, 5.41) is 0. The highest BCUT2D eigenvalue weighted by Crippen LogP contribution is 2.18. The highest BCUT2D eigenvalue weighted by molar-refractivity contribution is 5.90. The maximum atomic E-state index is 13.3. The molecule has 1 aromatic rings. The van der Waals surface area contributed by atoms with E-state index >= 15 is 0 Å². The van der Waals surface area contributed by atoms with E-state index in [1.807, 2.05) is 13.8 Å². The molecule has 0 amide bonds. The molecular weight excluding hydrogens is 211 g/mol. The summed E-state index contributed by atoms with van der Waals surface area (Å²) in [5.41, 5.74) is -0.0972. The fourth-order valence-corrected chi connectivity index (χ4v) is 1.22. The van der Waals surface area contributed by atoms with Gasteiger partial charge in [0.1, 0.15) is 11.6 Å². The lowest BCUT2D eigenvalue weighted by Gasteiger charge is -2.11. The highest BCUT2D eigenvalue weighted by Gasteiger charge is 2.14. The van der Waals surface area contributed by atoms with Crippen LogP contribution in [0.3, 0.4) is 0 Å². The number of esters is 1. The average molecular weight is 226 g/mol. The molecule has 0 radical (unpaired) electrons. The van der Waals surface area contributed by atoms with Crippen molar-refractivity contribution >= 4 is 5.97 Å². The summed E-state index contributed by atoms with van der Waals surface area (Å²) in [6.45, 7) is 5.60. The molecule has 0 aliphatic carbocycles. The number of hydrogen-bond donors (Lipinski definition) is 0. The van der Waals surface area contributed by atoms with Crippen molar-refractivity contribution in [2.45, 2.75) is 26.9 Å². The maximum Gasteiger partial charge on any atom is 0.341 e. The maximum absolute atomic E-state index is 13.3. The Morgan fingerprint density at radius 1 is 1.44 bits per heavy atom. The molecule has 0 heterocycles. The fraction of sp³-hybridized carbons (Fsp3) is 0.417. The Balaban J connectivity index is 2.94. The number of benzene rings is 1. The molecule has 0 spiro atoms. The first kappa shape index (κ1) is 12.5. The van der Waals surface area contributed by atoms with Crippen molar-refractivity contribution in [1.29, 1.82) is 0 Å². The standard InChI is InChI=1S/C12H15FO3/c1-4-15-12(14)10-7-9(16-8(2)3)5-6-11(10)13/h5-8H,4H2,1-3H3. The summed E-state index contributed by atoms with van der Waals surface area (Å²) >= 11 is 0. The normalized spacial score (nSPS) is 10.3. The van der Waals surface area contributed by atoms with Crippen LogP contribution in [0.5, 0.6) is 5.75 Å². The predicted octanol–water partition coefficient (Wildman–Crippen LogP) is 2.79. The van der Waals surface area contributed by atoms with Crippen LogP contribution in [0, 0.1) is 5.82 Å². The zero-order valence-corrected chi connectivity index (χ0v) is 9.62. The number of hydrogen-bond acceptors (Lipinski definition) is 3. The van der Waals surface area contributed by atoms with Gasteiger partial charge < -0.3 is 9.47 Å². The molecule has 1 aromatic carbocycles. The van der Waals surface area contributed by atoms with Crippen LogP contribution in [0.4, 0.5) is 4.39 Å². The number of ether oxygens (including phenoxy) is 2. The van der Waals surface area contributed by atoms with E-state index in [1.165, 1.54) is 18.2 Å². The molecule has 0 N–H and O–H groups in total. The topological polar surface area (TPSA) is 35.5 Å². The number of rotatable bonds is 4. The Bertz CT molecular complexity index is 375. The third-order valence-corrected chi connectivity index (χ3v) is 1.80. The Hall–Kier alpha value is -1.58. The molecule has 0 bridgehead atoms. The zero-order valence-electron chi connectivity index (χ0n) is 9.62. The molecule has 0 aliphatic heterocycles.